The first kappa shape index (κ1) is 12.7. The average molecular weight is 263 g/mol. The second kappa shape index (κ2) is 4.35. The minimum absolute atomic E-state index is 0.520. The first-order valence-corrected chi connectivity index (χ1v) is 8.23. The Balaban J connectivity index is 1.59. The zero-order chi connectivity index (χ0) is 12.8. The molecule has 1 nitrogen and oxygen atoms in total. The molecule has 2 aliphatic carbocycles. The average Bonchev–Trinajstić information content (AvgIpc) is 2.95. The van der Waals surface area contributed by atoms with Gasteiger partial charge in [-0.05, 0) is 71.4 Å². The molecule has 0 amide bonds. The maximum absolute atomic E-state index is 3.85. The van der Waals surface area contributed by atoms with Crippen molar-refractivity contribution in [1.29, 1.82) is 0 Å². The van der Waals surface area contributed by atoms with E-state index < -0.39 is 0 Å². The van der Waals surface area contributed by atoms with Gasteiger partial charge in [0.2, 0.25) is 0 Å². The lowest BCUT2D eigenvalue weighted by Gasteiger charge is -2.39. The van der Waals surface area contributed by atoms with Crippen LogP contribution < -0.4 is 5.32 Å². The van der Waals surface area contributed by atoms with Crippen LogP contribution in [0.2, 0.25) is 0 Å². The summed E-state index contributed by atoms with van der Waals surface area (Å²) in [4.78, 5) is 0. The van der Waals surface area contributed by atoms with E-state index in [1.165, 1.54) is 31.2 Å². The van der Waals surface area contributed by atoms with Crippen molar-refractivity contribution < 1.29 is 0 Å². The molecule has 2 heteroatoms. The van der Waals surface area contributed by atoms with Gasteiger partial charge in [0, 0.05) is 6.04 Å². The van der Waals surface area contributed by atoms with E-state index in [0.29, 0.717) is 10.8 Å². The fourth-order valence-electron chi connectivity index (χ4n) is 4.34. The number of fused-ring (bicyclic) bond motifs is 2. The molecule has 0 radical (unpaired) electrons. The SMILES string of the molecule is CC1(C)C2CCC1(C)C(NCCc1ccsc1)C2. The van der Waals surface area contributed by atoms with E-state index >= 15 is 0 Å². The zero-order valence-electron chi connectivity index (χ0n) is 11.8. The number of hydrogen-bond donors (Lipinski definition) is 1. The lowest BCUT2D eigenvalue weighted by Crippen LogP contribution is -2.45. The molecule has 2 saturated carbocycles. The topological polar surface area (TPSA) is 12.0 Å². The largest absolute Gasteiger partial charge is 0.313 e. The molecule has 0 aromatic carbocycles. The van der Waals surface area contributed by atoms with Crippen molar-refractivity contribution in [3.8, 4) is 0 Å². The Hall–Kier alpha value is -0.340. The van der Waals surface area contributed by atoms with Crippen molar-refractivity contribution in [1.82, 2.24) is 5.32 Å². The van der Waals surface area contributed by atoms with Crippen LogP contribution in [-0.4, -0.2) is 12.6 Å². The fraction of sp³-hybridized carbons (Fsp3) is 0.750. The summed E-state index contributed by atoms with van der Waals surface area (Å²) in [5.74, 6) is 0.946. The number of thiophene rings is 1. The van der Waals surface area contributed by atoms with E-state index in [2.05, 4.69) is 42.9 Å². The standard InChI is InChI=1S/C16H25NS/c1-15(2)13-4-7-16(15,3)14(10-13)17-8-5-12-6-9-18-11-12/h6,9,11,13-14,17H,4-5,7-8,10H2,1-3H3. The minimum atomic E-state index is 0.520. The molecule has 100 valence electrons. The van der Waals surface area contributed by atoms with Gasteiger partial charge in [-0.25, -0.2) is 0 Å². The van der Waals surface area contributed by atoms with E-state index in [9.17, 15) is 0 Å². The molecule has 2 bridgehead atoms. The molecule has 2 fully saturated rings. The van der Waals surface area contributed by atoms with E-state index in [0.717, 1.165) is 18.5 Å². The van der Waals surface area contributed by atoms with Gasteiger partial charge >= 0.3 is 0 Å². The molecule has 2 aliphatic rings. The van der Waals surface area contributed by atoms with E-state index in [4.69, 9.17) is 0 Å². The maximum atomic E-state index is 3.85. The van der Waals surface area contributed by atoms with Gasteiger partial charge in [-0.15, -0.1) is 0 Å². The maximum Gasteiger partial charge on any atom is 0.0129 e. The third-order valence-corrected chi connectivity index (χ3v) is 6.91. The Morgan fingerprint density at radius 2 is 2.22 bits per heavy atom. The van der Waals surface area contributed by atoms with Crippen LogP contribution in [0, 0.1) is 16.7 Å². The highest BCUT2D eigenvalue weighted by molar-refractivity contribution is 7.07. The van der Waals surface area contributed by atoms with Crippen molar-refractivity contribution in [2.24, 2.45) is 16.7 Å². The molecule has 3 atom stereocenters. The smallest absolute Gasteiger partial charge is 0.0129 e. The highest BCUT2D eigenvalue weighted by atomic mass is 32.1. The third-order valence-electron chi connectivity index (χ3n) is 6.18. The number of nitrogens with one attached hydrogen (secondary N) is 1. The molecule has 18 heavy (non-hydrogen) atoms. The van der Waals surface area contributed by atoms with Crippen molar-refractivity contribution >= 4 is 11.3 Å². The predicted octanol–water partition coefficient (Wildman–Crippen LogP) is 4.10. The Bertz CT molecular complexity index is 409. The van der Waals surface area contributed by atoms with Crippen LogP contribution in [-0.2, 0) is 6.42 Å². The molecule has 1 aromatic heterocycles. The molecule has 0 aliphatic heterocycles. The summed E-state index contributed by atoms with van der Waals surface area (Å²) in [5, 5.41) is 8.30. The Labute approximate surface area is 115 Å². The normalized spacial score (nSPS) is 37.3. The second-order valence-electron chi connectivity index (χ2n) is 7.00. The summed E-state index contributed by atoms with van der Waals surface area (Å²) < 4.78 is 0. The molecule has 0 spiro atoms. The van der Waals surface area contributed by atoms with Gasteiger partial charge < -0.3 is 5.32 Å². The Kier molecular flexibility index (Phi) is 3.06. The first-order valence-electron chi connectivity index (χ1n) is 7.28. The summed E-state index contributed by atoms with van der Waals surface area (Å²) in [7, 11) is 0. The monoisotopic (exact) mass is 263 g/mol. The summed E-state index contributed by atoms with van der Waals surface area (Å²) in [6.07, 6.45) is 5.45. The summed E-state index contributed by atoms with van der Waals surface area (Å²) in [5.41, 5.74) is 2.54. The van der Waals surface area contributed by atoms with Crippen LogP contribution in [0.15, 0.2) is 16.8 Å². The Morgan fingerprint density at radius 3 is 2.78 bits per heavy atom. The molecule has 3 unspecified atom stereocenters. The van der Waals surface area contributed by atoms with Gasteiger partial charge in [-0.3, -0.25) is 0 Å². The highest BCUT2D eigenvalue weighted by Gasteiger charge is 2.60. The van der Waals surface area contributed by atoms with Crippen molar-refractivity contribution in [3.05, 3.63) is 22.4 Å². The van der Waals surface area contributed by atoms with Crippen molar-refractivity contribution in [2.45, 2.75) is 52.5 Å². The molecule has 1 aromatic rings. The van der Waals surface area contributed by atoms with Crippen molar-refractivity contribution in [3.63, 3.8) is 0 Å². The van der Waals surface area contributed by atoms with Gasteiger partial charge in [0.15, 0.2) is 0 Å². The molecule has 3 rings (SSSR count). The van der Waals surface area contributed by atoms with Gasteiger partial charge in [-0.2, -0.15) is 11.3 Å². The van der Waals surface area contributed by atoms with Crippen LogP contribution in [0.1, 0.15) is 45.6 Å². The predicted molar refractivity (Wildman–Crippen MR) is 79.0 cm³/mol. The van der Waals surface area contributed by atoms with Crippen LogP contribution in [0.25, 0.3) is 0 Å². The summed E-state index contributed by atoms with van der Waals surface area (Å²) in [6, 6.07) is 2.99. The number of rotatable bonds is 4. The molecular formula is C16H25NS. The van der Waals surface area contributed by atoms with Gasteiger partial charge in [0.25, 0.3) is 0 Å². The molecule has 0 saturated heterocycles. The lowest BCUT2D eigenvalue weighted by molar-refractivity contribution is 0.121. The van der Waals surface area contributed by atoms with E-state index in [1.54, 1.807) is 11.3 Å². The minimum Gasteiger partial charge on any atom is -0.313 e. The van der Waals surface area contributed by atoms with E-state index in [1.807, 2.05) is 0 Å². The second-order valence-corrected chi connectivity index (χ2v) is 7.78. The quantitative estimate of drug-likeness (QED) is 0.862. The molecular weight excluding hydrogens is 238 g/mol. The summed E-state index contributed by atoms with van der Waals surface area (Å²) in [6.45, 7) is 8.64. The van der Waals surface area contributed by atoms with E-state index in [-0.39, 0.29) is 0 Å². The van der Waals surface area contributed by atoms with Gasteiger partial charge in [0.05, 0.1) is 0 Å². The number of hydrogen-bond acceptors (Lipinski definition) is 2. The van der Waals surface area contributed by atoms with Crippen LogP contribution in [0.4, 0.5) is 0 Å². The fourth-order valence-corrected chi connectivity index (χ4v) is 5.04. The highest BCUT2D eigenvalue weighted by Crippen LogP contribution is 2.65. The van der Waals surface area contributed by atoms with Crippen LogP contribution in [0.5, 0.6) is 0 Å². The summed E-state index contributed by atoms with van der Waals surface area (Å²) >= 11 is 1.81. The van der Waals surface area contributed by atoms with Gasteiger partial charge in [-0.1, -0.05) is 20.8 Å². The van der Waals surface area contributed by atoms with Gasteiger partial charge in [0.1, 0.15) is 0 Å². The lowest BCUT2D eigenvalue weighted by atomic mass is 9.69. The third kappa shape index (κ3) is 1.77. The molecule has 1 N–H and O–H groups in total. The zero-order valence-corrected chi connectivity index (χ0v) is 12.6. The molecule has 1 heterocycles. The van der Waals surface area contributed by atoms with Crippen molar-refractivity contribution in [2.75, 3.05) is 6.54 Å². The van der Waals surface area contributed by atoms with Crippen LogP contribution >= 0.6 is 11.3 Å². The van der Waals surface area contributed by atoms with Crippen LogP contribution in [0.3, 0.4) is 0 Å². The first-order chi connectivity index (χ1) is 8.54. The Morgan fingerprint density at radius 1 is 1.39 bits per heavy atom.